The number of hydrogen-bond acceptors (Lipinski definition) is 4. The lowest BCUT2D eigenvalue weighted by atomic mass is 9.84. The average molecular weight is 449 g/mol. The first kappa shape index (κ1) is 23.0. The summed E-state index contributed by atoms with van der Waals surface area (Å²) in [7, 11) is 1.64. The summed E-state index contributed by atoms with van der Waals surface area (Å²) in [5.41, 5.74) is 1.37. The Balaban J connectivity index is 1.39. The number of nitrogens with one attached hydrogen (secondary N) is 1. The van der Waals surface area contributed by atoms with Crippen LogP contribution in [0.2, 0.25) is 0 Å². The van der Waals surface area contributed by atoms with E-state index in [9.17, 15) is 14.4 Å². The van der Waals surface area contributed by atoms with E-state index in [0.29, 0.717) is 50.8 Å². The molecular weight excluding hydrogens is 416 g/mol. The van der Waals surface area contributed by atoms with Crippen LogP contribution in [-0.4, -0.2) is 48.2 Å². The van der Waals surface area contributed by atoms with Gasteiger partial charge in [-0.15, -0.1) is 0 Å². The molecule has 0 aliphatic carbocycles. The van der Waals surface area contributed by atoms with E-state index in [4.69, 9.17) is 4.74 Å². The van der Waals surface area contributed by atoms with Gasteiger partial charge in [0.2, 0.25) is 11.8 Å². The zero-order chi connectivity index (χ0) is 23.3. The van der Waals surface area contributed by atoms with Crippen LogP contribution in [0, 0.1) is 5.92 Å². The van der Waals surface area contributed by atoms with E-state index in [1.54, 1.807) is 7.11 Å². The van der Waals surface area contributed by atoms with E-state index in [-0.39, 0.29) is 23.5 Å². The van der Waals surface area contributed by atoms with Crippen molar-refractivity contribution in [1.29, 1.82) is 0 Å². The Kier molecular flexibility index (Phi) is 7.11. The van der Waals surface area contributed by atoms with E-state index < -0.39 is 5.54 Å². The number of likely N-dealkylation sites (tertiary alicyclic amines) is 1. The van der Waals surface area contributed by atoms with Crippen LogP contribution >= 0.6 is 0 Å². The van der Waals surface area contributed by atoms with Crippen molar-refractivity contribution in [2.75, 3.05) is 20.2 Å². The van der Waals surface area contributed by atoms with Gasteiger partial charge in [-0.25, -0.2) is 0 Å². The Labute approximate surface area is 195 Å². The molecule has 2 amide bonds. The third-order valence-electron chi connectivity index (χ3n) is 6.93. The SMILES string of the molecule is COc1cccc(CC2(CCC(=O)N3CCCC(C(=O)c4ccccc4)C3)CCC(=O)N2)c1. The highest BCUT2D eigenvalue weighted by molar-refractivity contribution is 5.98. The highest BCUT2D eigenvalue weighted by Gasteiger charge is 2.39. The van der Waals surface area contributed by atoms with Gasteiger partial charge in [0.15, 0.2) is 5.78 Å². The number of ether oxygens (including phenoxy) is 1. The molecule has 2 unspecified atom stereocenters. The molecule has 2 atom stereocenters. The fraction of sp³-hybridized carbons (Fsp3) is 0.444. The number of ketones is 1. The summed E-state index contributed by atoms with van der Waals surface area (Å²) >= 11 is 0. The van der Waals surface area contributed by atoms with E-state index >= 15 is 0 Å². The predicted octanol–water partition coefficient (Wildman–Crippen LogP) is 3.79. The van der Waals surface area contributed by atoms with Crippen LogP contribution in [0.15, 0.2) is 54.6 Å². The minimum Gasteiger partial charge on any atom is -0.497 e. The van der Waals surface area contributed by atoms with Crippen molar-refractivity contribution in [2.24, 2.45) is 5.92 Å². The number of hydrogen-bond donors (Lipinski definition) is 1. The summed E-state index contributed by atoms with van der Waals surface area (Å²) in [6, 6.07) is 17.2. The third-order valence-corrected chi connectivity index (χ3v) is 6.93. The molecule has 2 fully saturated rings. The van der Waals surface area contributed by atoms with Gasteiger partial charge in [-0.3, -0.25) is 14.4 Å². The molecule has 2 heterocycles. The second-order valence-corrected chi connectivity index (χ2v) is 9.27. The molecule has 0 bridgehead atoms. The molecule has 2 saturated heterocycles. The maximum absolute atomic E-state index is 13.1. The van der Waals surface area contributed by atoms with Gasteiger partial charge in [0.05, 0.1) is 7.11 Å². The molecule has 2 aliphatic heterocycles. The third kappa shape index (κ3) is 5.62. The van der Waals surface area contributed by atoms with Crippen molar-refractivity contribution in [3.05, 3.63) is 65.7 Å². The highest BCUT2D eigenvalue weighted by Crippen LogP contribution is 2.31. The molecule has 2 aromatic carbocycles. The number of amides is 2. The monoisotopic (exact) mass is 448 g/mol. The summed E-state index contributed by atoms with van der Waals surface area (Å²) in [6.07, 6.45) is 4.45. The molecule has 0 radical (unpaired) electrons. The Bertz CT molecular complexity index is 1010. The molecule has 2 aliphatic rings. The molecule has 4 rings (SSSR count). The molecule has 1 N–H and O–H groups in total. The molecular formula is C27H32N2O4. The Morgan fingerprint density at radius 2 is 1.97 bits per heavy atom. The second kappa shape index (κ2) is 10.2. The van der Waals surface area contributed by atoms with Crippen molar-refractivity contribution in [3.8, 4) is 5.75 Å². The number of Topliss-reactive ketones (excluding diaryl/α,β-unsaturated/α-hetero) is 1. The van der Waals surface area contributed by atoms with Gasteiger partial charge < -0.3 is 15.0 Å². The molecule has 33 heavy (non-hydrogen) atoms. The van der Waals surface area contributed by atoms with Gasteiger partial charge in [0.25, 0.3) is 0 Å². The fourth-order valence-corrected chi connectivity index (χ4v) is 5.12. The predicted molar refractivity (Wildman–Crippen MR) is 126 cm³/mol. The number of piperidine rings is 1. The summed E-state index contributed by atoms with van der Waals surface area (Å²) in [6.45, 7) is 1.16. The average Bonchev–Trinajstić information content (AvgIpc) is 3.23. The summed E-state index contributed by atoms with van der Waals surface area (Å²) in [5.74, 6) is 0.849. The highest BCUT2D eigenvalue weighted by atomic mass is 16.5. The number of methoxy groups -OCH3 is 1. The molecule has 0 aromatic heterocycles. The minimum atomic E-state index is -0.422. The lowest BCUT2D eigenvalue weighted by Gasteiger charge is -2.34. The van der Waals surface area contributed by atoms with E-state index in [1.165, 1.54) is 0 Å². The van der Waals surface area contributed by atoms with Gasteiger partial charge >= 0.3 is 0 Å². The summed E-state index contributed by atoms with van der Waals surface area (Å²) < 4.78 is 5.34. The first-order valence-corrected chi connectivity index (χ1v) is 11.8. The van der Waals surface area contributed by atoms with Crippen molar-refractivity contribution in [3.63, 3.8) is 0 Å². The Morgan fingerprint density at radius 1 is 1.15 bits per heavy atom. The van der Waals surface area contributed by atoms with Crippen LogP contribution < -0.4 is 10.1 Å². The first-order valence-electron chi connectivity index (χ1n) is 11.8. The Morgan fingerprint density at radius 3 is 2.70 bits per heavy atom. The lowest BCUT2D eigenvalue weighted by Crippen LogP contribution is -2.46. The second-order valence-electron chi connectivity index (χ2n) is 9.27. The van der Waals surface area contributed by atoms with Crippen molar-refractivity contribution >= 4 is 17.6 Å². The van der Waals surface area contributed by atoms with Crippen LogP contribution in [0.3, 0.4) is 0 Å². The lowest BCUT2D eigenvalue weighted by molar-refractivity contribution is -0.133. The van der Waals surface area contributed by atoms with Crippen LogP contribution in [-0.2, 0) is 16.0 Å². The standard InChI is InChI=1S/C27H32N2O4/c1-33-23-11-5-7-20(17-23)18-27(14-12-24(30)28-27)15-13-25(31)29-16-6-10-22(19-29)26(32)21-8-3-2-4-9-21/h2-5,7-9,11,17,22H,6,10,12-16,18-19H2,1H3,(H,28,30). The van der Waals surface area contributed by atoms with Crippen LogP contribution in [0.4, 0.5) is 0 Å². The minimum absolute atomic E-state index is 0.0387. The topological polar surface area (TPSA) is 75.7 Å². The molecule has 0 spiro atoms. The number of rotatable bonds is 8. The van der Waals surface area contributed by atoms with Gasteiger partial charge in [-0.2, -0.15) is 0 Å². The largest absolute Gasteiger partial charge is 0.497 e. The number of carbonyl (C=O) groups is 3. The van der Waals surface area contributed by atoms with Gasteiger partial charge in [0, 0.05) is 43.0 Å². The Hall–Kier alpha value is -3.15. The maximum Gasteiger partial charge on any atom is 0.222 e. The fourth-order valence-electron chi connectivity index (χ4n) is 5.12. The van der Waals surface area contributed by atoms with Crippen LogP contribution in [0.5, 0.6) is 5.75 Å². The van der Waals surface area contributed by atoms with Crippen molar-refractivity contribution in [1.82, 2.24) is 10.2 Å². The summed E-state index contributed by atoms with van der Waals surface area (Å²) in [5, 5.41) is 3.16. The summed E-state index contributed by atoms with van der Waals surface area (Å²) in [4.78, 5) is 39.9. The maximum atomic E-state index is 13.1. The zero-order valence-electron chi connectivity index (χ0n) is 19.2. The smallest absolute Gasteiger partial charge is 0.222 e. The van der Waals surface area contributed by atoms with Gasteiger partial charge in [0.1, 0.15) is 5.75 Å². The van der Waals surface area contributed by atoms with Crippen LogP contribution in [0.1, 0.15) is 54.4 Å². The number of carbonyl (C=O) groups excluding carboxylic acids is 3. The van der Waals surface area contributed by atoms with Crippen LogP contribution in [0.25, 0.3) is 0 Å². The molecule has 2 aromatic rings. The van der Waals surface area contributed by atoms with E-state index in [0.717, 1.165) is 24.2 Å². The molecule has 6 heteroatoms. The van der Waals surface area contributed by atoms with Crippen molar-refractivity contribution < 1.29 is 19.1 Å². The van der Waals surface area contributed by atoms with Gasteiger partial charge in [-0.1, -0.05) is 42.5 Å². The van der Waals surface area contributed by atoms with Crippen molar-refractivity contribution in [2.45, 2.75) is 50.5 Å². The number of benzene rings is 2. The zero-order valence-corrected chi connectivity index (χ0v) is 19.2. The van der Waals surface area contributed by atoms with E-state index in [1.807, 2.05) is 59.5 Å². The first-order chi connectivity index (χ1) is 16.0. The normalized spacial score (nSPS) is 22.6. The number of nitrogens with zero attached hydrogens (tertiary/aromatic N) is 1. The molecule has 0 saturated carbocycles. The molecule has 174 valence electrons. The molecule has 6 nitrogen and oxygen atoms in total. The quantitative estimate of drug-likeness (QED) is 0.624. The van der Waals surface area contributed by atoms with Gasteiger partial charge in [-0.05, 0) is 49.8 Å². The van der Waals surface area contributed by atoms with E-state index in [2.05, 4.69) is 5.32 Å².